The van der Waals surface area contributed by atoms with Gasteiger partial charge in [0.05, 0.1) is 5.69 Å². The van der Waals surface area contributed by atoms with Crippen molar-refractivity contribution < 1.29 is 0 Å². The van der Waals surface area contributed by atoms with Crippen molar-refractivity contribution in [2.24, 2.45) is 0 Å². The number of rotatable bonds is 10. The Hall–Kier alpha value is -1.70. The third-order valence-electron chi connectivity index (χ3n) is 4.37. The highest BCUT2D eigenvalue weighted by molar-refractivity contribution is 5.63. The van der Waals surface area contributed by atoms with Crippen LogP contribution in [0.4, 0.5) is 0 Å². The lowest BCUT2D eigenvalue weighted by molar-refractivity contribution is 0.666. The Morgan fingerprint density at radius 1 is 0.826 bits per heavy atom. The molecule has 124 valence electrons. The zero-order valence-electron chi connectivity index (χ0n) is 14.7. The van der Waals surface area contributed by atoms with Gasteiger partial charge >= 0.3 is 0 Å². The molecule has 0 aliphatic rings. The Kier molecular flexibility index (Phi) is 7.79. The van der Waals surface area contributed by atoms with Gasteiger partial charge in [0, 0.05) is 24.2 Å². The van der Waals surface area contributed by atoms with E-state index in [0.29, 0.717) is 0 Å². The molecule has 0 aliphatic heterocycles. The van der Waals surface area contributed by atoms with Crippen LogP contribution in [0.25, 0.3) is 11.3 Å². The summed E-state index contributed by atoms with van der Waals surface area (Å²) in [6.45, 7) is 4.50. The molecular formula is C21H30N2. The van der Waals surface area contributed by atoms with Crippen LogP contribution in [0.5, 0.6) is 0 Å². The molecule has 0 spiro atoms. The van der Waals surface area contributed by atoms with Gasteiger partial charge in [0.1, 0.15) is 0 Å². The maximum absolute atomic E-state index is 4.62. The van der Waals surface area contributed by atoms with Gasteiger partial charge < -0.3 is 0 Å². The SMILES string of the molecule is CCCCCCc1ccnc(-c2ccncc2CCCCC)c1. The highest BCUT2D eigenvalue weighted by Crippen LogP contribution is 2.24. The molecule has 0 atom stereocenters. The topological polar surface area (TPSA) is 25.8 Å². The van der Waals surface area contributed by atoms with Crippen molar-refractivity contribution in [3.8, 4) is 11.3 Å². The molecule has 2 nitrogen and oxygen atoms in total. The second-order valence-corrected chi connectivity index (χ2v) is 6.35. The molecule has 0 aromatic carbocycles. The van der Waals surface area contributed by atoms with E-state index in [1.807, 2.05) is 18.6 Å². The molecule has 2 aromatic rings. The zero-order valence-corrected chi connectivity index (χ0v) is 14.7. The number of pyridine rings is 2. The van der Waals surface area contributed by atoms with Crippen molar-refractivity contribution in [1.82, 2.24) is 9.97 Å². The minimum atomic E-state index is 1.10. The molecule has 2 rings (SSSR count). The minimum absolute atomic E-state index is 1.10. The van der Waals surface area contributed by atoms with Gasteiger partial charge in [-0.3, -0.25) is 9.97 Å². The summed E-state index contributed by atoms with van der Waals surface area (Å²) in [5, 5.41) is 0. The summed E-state index contributed by atoms with van der Waals surface area (Å²) < 4.78 is 0. The summed E-state index contributed by atoms with van der Waals surface area (Å²) >= 11 is 0. The van der Waals surface area contributed by atoms with Crippen LogP contribution in [0.15, 0.2) is 36.8 Å². The highest BCUT2D eigenvalue weighted by Gasteiger charge is 2.07. The summed E-state index contributed by atoms with van der Waals surface area (Å²) in [6, 6.07) is 6.54. The molecule has 0 saturated carbocycles. The van der Waals surface area contributed by atoms with Crippen LogP contribution in [-0.2, 0) is 12.8 Å². The van der Waals surface area contributed by atoms with Gasteiger partial charge in [-0.2, -0.15) is 0 Å². The van der Waals surface area contributed by atoms with Gasteiger partial charge in [0.15, 0.2) is 0 Å². The first-order chi connectivity index (χ1) is 11.3. The Labute approximate surface area is 141 Å². The largest absolute Gasteiger partial charge is 0.264 e. The van der Waals surface area contributed by atoms with Gasteiger partial charge in [0.25, 0.3) is 0 Å². The summed E-state index contributed by atoms with van der Waals surface area (Å²) in [5.41, 5.74) is 5.09. The second kappa shape index (κ2) is 10.1. The van der Waals surface area contributed by atoms with Gasteiger partial charge in [-0.25, -0.2) is 0 Å². The fraction of sp³-hybridized carbons (Fsp3) is 0.524. The first-order valence-electron chi connectivity index (χ1n) is 9.23. The number of nitrogens with zero attached hydrogens (tertiary/aromatic N) is 2. The van der Waals surface area contributed by atoms with Crippen LogP contribution in [0.3, 0.4) is 0 Å². The van der Waals surface area contributed by atoms with E-state index in [-0.39, 0.29) is 0 Å². The van der Waals surface area contributed by atoms with Crippen LogP contribution >= 0.6 is 0 Å². The summed E-state index contributed by atoms with van der Waals surface area (Å²) in [5.74, 6) is 0. The third kappa shape index (κ3) is 5.78. The fourth-order valence-electron chi connectivity index (χ4n) is 2.97. The van der Waals surface area contributed by atoms with Crippen molar-refractivity contribution in [3.63, 3.8) is 0 Å². The lowest BCUT2D eigenvalue weighted by Gasteiger charge is -2.10. The Balaban J connectivity index is 2.08. The summed E-state index contributed by atoms with van der Waals surface area (Å²) in [4.78, 5) is 8.93. The van der Waals surface area contributed by atoms with Crippen LogP contribution in [0, 0.1) is 0 Å². The number of hydrogen-bond donors (Lipinski definition) is 0. The predicted molar refractivity (Wildman–Crippen MR) is 98.5 cm³/mol. The van der Waals surface area contributed by atoms with Crippen molar-refractivity contribution in [2.75, 3.05) is 0 Å². The van der Waals surface area contributed by atoms with Crippen molar-refractivity contribution in [3.05, 3.63) is 47.9 Å². The van der Waals surface area contributed by atoms with E-state index >= 15 is 0 Å². The highest BCUT2D eigenvalue weighted by atomic mass is 14.7. The lowest BCUT2D eigenvalue weighted by atomic mass is 9.99. The van der Waals surface area contributed by atoms with E-state index in [9.17, 15) is 0 Å². The van der Waals surface area contributed by atoms with E-state index in [1.165, 1.54) is 61.6 Å². The number of aryl methyl sites for hydroxylation is 2. The summed E-state index contributed by atoms with van der Waals surface area (Å²) in [7, 11) is 0. The standard InChI is InChI=1S/C21H30N2/c1-3-5-7-9-10-18-12-15-23-21(16-18)20-13-14-22-17-19(20)11-8-6-4-2/h12-17H,3-11H2,1-2H3. The Bertz CT molecular complexity index is 578. The summed E-state index contributed by atoms with van der Waals surface area (Å²) in [6.07, 6.45) is 17.1. The van der Waals surface area contributed by atoms with Gasteiger partial charge in [-0.1, -0.05) is 46.0 Å². The molecule has 2 heterocycles. The maximum atomic E-state index is 4.62. The average molecular weight is 310 g/mol. The minimum Gasteiger partial charge on any atom is -0.264 e. The molecule has 0 N–H and O–H groups in total. The van der Waals surface area contributed by atoms with E-state index < -0.39 is 0 Å². The first kappa shape index (κ1) is 17.7. The molecule has 23 heavy (non-hydrogen) atoms. The molecule has 0 radical (unpaired) electrons. The average Bonchev–Trinajstić information content (AvgIpc) is 2.60. The molecule has 0 saturated heterocycles. The van der Waals surface area contributed by atoms with E-state index in [2.05, 4.69) is 42.0 Å². The van der Waals surface area contributed by atoms with Crippen LogP contribution < -0.4 is 0 Å². The molecule has 2 aromatic heterocycles. The molecule has 0 bridgehead atoms. The second-order valence-electron chi connectivity index (χ2n) is 6.35. The smallest absolute Gasteiger partial charge is 0.0708 e. The van der Waals surface area contributed by atoms with Crippen molar-refractivity contribution in [1.29, 1.82) is 0 Å². The Morgan fingerprint density at radius 3 is 2.43 bits per heavy atom. The van der Waals surface area contributed by atoms with Gasteiger partial charge in [-0.05, 0) is 55.0 Å². The molecule has 0 unspecified atom stereocenters. The number of aromatic nitrogens is 2. The van der Waals surface area contributed by atoms with E-state index in [0.717, 1.165) is 18.5 Å². The van der Waals surface area contributed by atoms with Gasteiger partial charge in [-0.15, -0.1) is 0 Å². The van der Waals surface area contributed by atoms with Crippen LogP contribution in [-0.4, -0.2) is 9.97 Å². The van der Waals surface area contributed by atoms with Crippen molar-refractivity contribution in [2.45, 2.75) is 71.6 Å². The molecule has 0 amide bonds. The number of hydrogen-bond acceptors (Lipinski definition) is 2. The number of unbranched alkanes of at least 4 members (excludes halogenated alkanes) is 5. The van der Waals surface area contributed by atoms with E-state index in [4.69, 9.17) is 0 Å². The Morgan fingerprint density at radius 2 is 1.61 bits per heavy atom. The quantitative estimate of drug-likeness (QED) is 0.503. The molecular weight excluding hydrogens is 280 g/mol. The monoisotopic (exact) mass is 310 g/mol. The zero-order chi connectivity index (χ0) is 16.3. The fourth-order valence-corrected chi connectivity index (χ4v) is 2.97. The lowest BCUT2D eigenvalue weighted by Crippen LogP contribution is -1.95. The third-order valence-corrected chi connectivity index (χ3v) is 4.37. The molecule has 0 aliphatic carbocycles. The van der Waals surface area contributed by atoms with Crippen LogP contribution in [0.2, 0.25) is 0 Å². The predicted octanol–water partition coefficient (Wildman–Crippen LogP) is 6.00. The molecule has 0 fully saturated rings. The van der Waals surface area contributed by atoms with Crippen LogP contribution in [0.1, 0.15) is 69.9 Å². The van der Waals surface area contributed by atoms with Gasteiger partial charge in [0.2, 0.25) is 0 Å². The van der Waals surface area contributed by atoms with E-state index in [1.54, 1.807) is 0 Å². The normalized spacial score (nSPS) is 10.9. The molecule has 2 heteroatoms. The van der Waals surface area contributed by atoms with Crippen molar-refractivity contribution >= 4 is 0 Å². The first-order valence-corrected chi connectivity index (χ1v) is 9.23. The maximum Gasteiger partial charge on any atom is 0.0708 e.